The van der Waals surface area contributed by atoms with Gasteiger partial charge in [0, 0.05) is 18.2 Å². The van der Waals surface area contributed by atoms with Crippen molar-refractivity contribution in [3.8, 4) is 0 Å². The summed E-state index contributed by atoms with van der Waals surface area (Å²) in [6, 6.07) is 0. The summed E-state index contributed by atoms with van der Waals surface area (Å²) in [5, 5.41) is 28.9. The Morgan fingerprint density at radius 2 is 2.18 bits per heavy atom. The Balaban J connectivity index is 2.64. The molecule has 0 aromatic rings. The van der Waals surface area contributed by atoms with Crippen LogP contribution in [0.4, 0.5) is 0 Å². The summed E-state index contributed by atoms with van der Waals surface area (Å²) in [5.41, 5.74) is -0.353. The van der Waals surface area contributed by atoms with Crippen molar-refractivity contribution in [1.29, 1.82) is 0 Å². The summed E-state index contributed by atoms with van der Waals surface area (Å²) in [6.45, 7) is 3.13. The zero-order valence-electron chi connectivity index (χ0n) is 9.98. The first-order valence-corrected chi connectivity index (χ1v) is 6.17. The van der Waals surface area contributed by atoms with E-state index in [1.54, 1.807) is 4.90 Å². The zero-order valence-corrected chi connectivity index (χ0v) is 10.8. The second kappa shape index (κ2) is 6.39. The molecule has 1 aliphatic heterocycles. The number of amidine groups is 1. The average molecular weight is 263 g/mol. The van der Waals surface area contributed by atoms with Crippen LogP contribution in [0.25, 0.3) is 0 Å². The van der Waals surface area contributed by atoms with Gasteiger partial charge in [0.05, 0.1) is 26.8 Å². The first kappa shape index (κ1) is 14.5. The summed E-state index contributed by atoms with van der Waals surface area (Å²) < 4.78 is 9.31. The Kier molecular flexibility index (Phi) is 5.45. The van der Waals surface area contributed by atoms with Crippen LogP contribution in [0, 0.1) is 0 Å². The fourth-order valence-electron chi connectivity index (χ4n) is 1.54. The number of aliphatic hydroxyl groups excluding tert-OH is 3. The molecule has 0 aromatic heterocycles. The van der Waals surface area contributed by atoms with Gasteiger partial charge in [-0.15, -0.1) is 0 Å². The zero-order chi connectivity index (χ0) is 13.0. The maximum absolute atomic E-state index is 9.65. The van der Waals surface area contributed by atoms with Gasteiger partial charge in [-0.2, -0.15) is 0 Å². The fourth-order valence-corrected chi connectivity index (χ4v) is 2.56. The molecule has 6 nitrogen and oxygen atoms in total. The van der Waals surface area contributed by atoms with Crippen molar-refractivity contribution >= 4 is 23.6 Å². The fraction of sp³-hybridized carbons (Fsp3) is 0.800. The molecular weight excluding hydrogens is 244 g/mol. The Morgan fingerprint density at radius 3 is 2.65 bits per heavy atom. The van der Waals surface area contributed by atoms with E-state index >= 15 is 0 Å². The van der Waals surface area contributed by atoms with Crippen molar-refractivity contribution in [2.75, 3.05) is 20.7 Å². The van der Waals surface area contributed by atoms with Crippen LogP contribution in [0.2, 0.25) is 0 Å². The third-order valence-corrected chi connectivity index (χ3v) is 3.74. The van der Waals surface area contributed by atoms with Crippen LogP contribution in [-0.4, -0.2) is 76.6 Å². The van der Waals surface area contributed by atoms with Crippen LogP contribution in [0.1, 0.15) is 6.42 Å². The van der Waals surface area contributed by atoms with E-state index in [9.17, 15) is 10.2 Å². The van der Waals surface area contributed by atoms with Gasteiger partial charge >= 0.3 is 5.17 Å². The van der Waals surface area contributed by atoms with Gasteiger partial charge in [-0.25, -0.2) is 9.57 Å². The van der Waals surface area contributed by atoms with Crippen LogP contribution in [0.3, 0.4) is 0 Å². The summed E-state index contributed by atoms with van der Waals surface area (Å²) in [6.07, 6.45) is -2.41. The third-order valence-electron chi connectivity index (χ3n) is 2.47. The molecule has 1 heterocycles. The number of aliphatic hydroxyl groups is 3. The molecule has 7 heteroatoms. The van der Waals surface area contributed by atoms with Gasteiger partial charge in [0.15, 0.2) is 6.72 Å². The van der Waals surface area contributed by atoms with E-state index in [-0.39, 0.29) is 18.5 Å². The molecule has 3 N–H and O–H groups in total. The molecule has 98 valence electrons. The molecule has 1 rings (SSSR count). The van der Waals surface area contributed by atoms with E-state index in [0.29, 0.717) is 5.17 Å². The van der Waals surface area contributed by atoms with E-state index in [4.69, 9.17) is 9.84 Å². The Hall–Kier alpha value is -0.560. The monoisotopic (exact) mass is 263 g/mol. The van der Waals surface area contributed by atoms with Gasteiger partial charge in [0.25, 0.3) is 0 Å². The van der Waals surface area contributed by atoms with Gasteiger partial charge in [-0.05, 0) is 0 Å². The molecular formula is C10H19N2O4S+. The minimum atomic E-state index is -1.05. The molecule has 0 aromatic carbocycles. The number of ether oxygens (including phenoxy) is 1. The van der Waals surface area contributed by atoms with Crippen molar-refractivity contribution in [2.45, 2.75) is 30.2 Å². The molecule has 1 saturated heterocycles. The lowest BCUT2D eigenvalue weighted by Crippen LogP contribution is -2.49. The number of rotatable bonds is 2. The first-order valence-electron chi connectivity index (χ1n) is 5.29. The smallest absolute Gasteiger partial charge is 0.394 e. The van der Waals surface area contributed by atoms with E-state index in [0.717, 1.165) is 0 Å². The van der Waals surface area contributed by atoms with Gasteiger partial charge in [-0.3, -0.25) is 0 Å². The third kappa shape index (κ3) is 3.70. The second-order valence-electron chi connectivity index (χ2n) is 4.03. The lowest BCUT2D eigenvalue weighted by Gasteiger charge is -2.35. The predicted molar refractivity (Wildman–Crippen MR) is 67.9 cm³/mol. The quantitative estimate of drug-likeness (QED) is 0.311. The number of thioether (sulfide) groups is 1. The van der Waals surface area contributed by atoms with Gasteiger partial charge in [-0.1, -0.05) is 0 Å². The highest BCUT2D eigenvalue weighted by Crippen LogP contribution is 2.28. The number of hydrogen-bond donors (Lipinski definition) is 3. The van der Waals surface area contributed by atoms with Crippen molar-refractivity contribution < 1.29 is 20.1 Å². The Labute approximate surface area is 105 Å². The topological polar surface area (TPSA) is 87.3 Å². The highest BCUT2D eigenvalue weighted by molar-refractivity contribution is 8.14. The molecule has 0 saturated carbocycles. The lowest BCUT2D eigenvalue weighted by atomic mass is 10.0. The lowest BCUT2D eigenvalue weighted by molar-refractivity contribution is -0.156. The number of nitrogens with zero attached hydrogens (tertiary/aromatic N) is 2. The van der Waals surface area contributed by atoms with E-state index < -0.39 is 18.3 Å². The van der Waals surface area contributed by atoms with Crippen molar-refractivity contribution in [2.24, 2.45) is 0 Å². The molecule has 0 bridgehead atoms. The van der Waals surface area contributed by atoms with Crippen LogP contribution in [0.5, 0.6) is 0 Å². The highest BCUT2D eigenvalue weighted by atomic mass is 32.2. The molecule has 4 unspecified atom stereocenters. The van der Waals surface area contributed by atoms with Crippen LogP contribution < -0.4 is 4.67 Å². The average Bonchev–Trinajstić information content (AvgIpc) is 2.29. The SMILES string of the molecule is C=[N+]=C(SC1CC(O)C(O)C(CO)O1)N(C)C. The first-order chi connectivity index (χ1) is 7.99. The molecule has 17 heavy (non-hydrogen) atoms. The van der Waals surface area contributed by atoms with Crippen LogP contribution in [0.15, 0.2) is 0 Å². The maximum atomic E-state index is 9.65. The standard InChI is InChI=1S/C10H19N2O4S/c1-11-10(12(2)3)17-8-4-6(14)9(15)7(5-13)16-8/h6-9,13-15H,1,4-5H2,2-3H3/q+1. The molecule has 4 atom stereocenters. The van der Waals surface area contributed by atoms with Crippen molar-refractivity contribution in [3.63, 3.8) is 0 Å². The van der Waals surface area contributed by atoms with Crippen molar-refractivity contribution in [1.82, 2.24) is 9.57 Å². The van der Waals surface area contributed by atoms with E-state index in [1.807, 2.05) is 14.1 Å². The van der Waals surface area contributed by atoms with E-state index in [1.165, 1.54) is 11.8 Å². The summed E-state index contributed by atoms with van der Waals surface area (Å²) >= 11 is 1.31. The molecule has 1 fully saturated rings. The summed E-state index contributed by atoms with van der Waals surface area (Å²) in [7, 11) is 3.66. The highest BCUT2D eigenvalue weighted by Gasteiger charge is 2.38. The minimum absolute atomic E-state index is 0.287. The Bertz CT molecular complexity index is 307. The number of hydrogen-bond acceptors (Lipinski definition) is 5. The molecule has 0 radical (unpaired) electrons. The molecule has 1 aliphatic rings. The van der Waals surface area contributed by atoms with E-state index in [2.05, 4.69) is 11.4 Å². The van der Waals surface area contributed by atoms with Gasteiger partial charge in [0.1, 0.15) is 17.6 Å². The molecule has 0 amide bonds. The van der Waals surface area contributed by atoms with Crippen LogP contribution >= 0.6 is 11.8 Å². The minimum Gasteiger partial charge on any atom is -0.394 e. The molecule has 0 aliphatic carbocycles. The predicted octanol–water partition coefficient (Wildman–Crippen LogP) is -1.77. The van der Waals surface area contributed by atoms with Crippen molar-refractivity contribution in [3.05, 3.63) is 0 Å². The summed E-state index contributed by atoms with van der Waals surface area (Å²) in [5.74, 6) is 0. The van der Waals surface area contributed by atoms with Crippen LogP contribution in [-0.2, 0) is 4.74 Å². The van der Waals surface area contributed by atoms with Gasteiger partial charge in [0.2, 0.25) is 0 Å². The molecule has 0 spiro atoms. The largest absolute Gasteiger partial charge is 0.407 e. The Morgan fingerprint density at radius 1 is 1.53 bits per heavy atom. The van der Waals surface area contributed by atoms with Gasteiger partial charge < -0.3 is 20.1 Å². The second-order valence-corrected chi connectivity index (χ2v) is 5.16. The normalized spacial score (nSPS) is 33.0. The summed E-state index contributed by atoms with van der Waals surface area (Å²) in [4.78, 5) is 1.78. The maximum Gasteiger partial charge on any atom is 0.407 e.